The number of carbonyl (C=O) groups is 2. The smallest absolute Gasteiger partial charge is 0.315 e. The van der Waals surface area contributed by atoms with Gasteiger partial charge < -0.3 is 15.7 Å². The van der Waals surface area contributed by atoms with Gasteiger partial charge in [0.05, 0.1) is 5.92 Å². The van der Waals surface area contributed by atoms with Gasteiger partial charge in [0.2, 0.25) is 0 Å². The fourth-order valence-corrected chi connectivity index (χ4v) is 2.19. The Morgan fingerprint density at radius 1 is 1.26 bits per heavy atom. The molecule has 0 bridgehead atoms. The van der Waals surface area contributed by atoms with Gasteiger partial charge in [-0.3, -0.25) is 9.00 Å². The number of carboxylic acids is 1. The lowest BCUT2D eigenvalue weighted by Gasteiger charge is -2.18. The minimum Gasteiger partial charge on any atom is -0.481 e. The first-order valence-corrected chi connectivity index (χ1v) is 8.04. The van der Waals surface area contributed by atoms with Gasteiger partial charge in [-0.1, -0.05) is 13.8 Å². The van der Waals surface area contributed by atoms with E-state index in [1.54, 1.807) is 20.1 Å². The lowest BCUT2D eigenvalue weighted by atomic mass is 9.96. The lowest BCUT2D eigenvalue weighted by Crippen LogP contribution is -2.44. The van der Waals surface area contributed by atoms with Crippen LogP contribution in [0.1, 0.15) is 27.2 Å². The Hall–Kier alpha value is -1.11. The van der Waals surface area contributed by atoms with Crippen LogP contribution in [-0.4, -0.2) is 45.9 Å². The predicted octanol–water partition coefficient (Wildman–Crippen LogP) is 0.800. The number of rotatable bonds is 8. The topological polar surface area (TPSA) is 95.5 Å². The molecule has 0 fully saturated rings. The quantitative estimate of drug-likeness (QED) is 0.616. The zero-order valence-corrected chi connectivity index (χ0v) is 12.8. The number of amides is 2. The molecule has 0 spiro atoms. The summed E-state index contributed by atoms with van der Waals surface area (Å²) < 4.78 is 10.9. The monoisotopic (exact) mass is 292 g/mol. The van der Waals surface area contributed by atoms with E-state index in [2.05, 4.69) is 10.6 Å². The average Bonchev–Trinajstić information content (AvgIpc) is 2.25. The Morgan fingerprint density at radius 2 is 1.84 bits per heavy atom. The summed E-state index contributed by atoms with van der Waals surface area (Å²) in [5.74, 6) is -1.02. The maximum absolute atomic E-state index is 11.6. The molecule has 6 nitrogen and oxygen atoms in total. The molecule has 0 saturated carbocycles. The molecule has 0 heterocycles. The highest BCUT2D eigenvalue weighted by atomic mass is 32.2. The molecule has 0 rings (SSSR count). The van der Waals surface area contributed by atoms with Crippen molar-refractivity contribution in [1.82, 2.24) is 10.6 Å². The van der Waals surface area contributed by atoms with Crippen molar-refractivity contribution < 1.29 is 18.9 Å². The van der Waals surface area contributed by atoms with E-state index in [9.17, 15) is 13.8 Å². The maximum Gasteiger partial charge on any atom is 0.315 e. The maximum atomic E-state index is 11.6. The van der Waals surface area contributed by atoms with Crippen molar-refractivity contribution in [3.63, 3.8) is 0 Å². The van der Waals surface area contributed by atoms with Crippen LogP contribution in [0.2, 0.25) is 0 Å². The van der Waals surface area contributed by atoms with E-state index >= 15 is 0 Å². The number of hydrogen-bond acceptors (Lipinski definition) is 3. The third-order valence-corrected chi connectivity index (χ3v) is 3.63. The van der Waals surface area contributed by atoms with E-state index < -0.39 is 22.7 Å². The number of nitrogens with one attached hydrogen (secondary N) is 2. The molecule has 0 saturated heterocycles. The minimum atomic E-state index is -0.912. The van der Waals surface area contributed by atoms with Crippen LogP contribution >= 0.6 is 0 Å². The minimum absolute atomic E-state index is 0.0438. The average molecular weight is 292 g/mol. The molecular formula is C12H24N2O4S. The molecule has 0 aromatic rings. The van der Waals surface area contributed by atoms with Crippen LogP contribution in [0.15, 0.2) is 0 Å². The number of hydrogen-bond donors (Lipinski definition) is 3. The molecule has 0 aliphatic heterocycles. The molecule has 0 radical (unpaired) electrons. The summed E-state index contributed by atoms with van der Waals surface area (Å²) in [5, 5.41) is 14.2. The van der Waals surface area contributed by atoms with Gasteiger partial charge in [-0.25, -0.2) is 4.79 Å². The van der Waals surface area contributed by atoms with Crippen LogP contribution in [0.3, 0.4) is 0 Å². The zero-order valence-electron chi connectivity index (χ0n) is 11.9. The van der Waals surface area contributed by atoms with E-state index in [1.165, 1.54) is 0 Å². The highest BCUT2D eigenvalue weighted by molar-refractivity contribution is 7.84. The summed E-state index contributed by atoms with van der Waals surface area (Å²) in [6, 6.07) is -0.479. The Labute approximate surface area is 116 Å². The lowest BCUT2D eigenvalue weighted by molar-refractivity contribution is -0.142. The van der Waals surface area contributed by atoms with Gasteiger partial charge in [-0.15, -0.1) is 0 Å². The first kappa shape index (κ1) is 17.9. The summed E-state index contributed by atoms with van der Waals surface area (Å²) in [5.41, 5.74) is 0. The van der Waals surface area contributed by atoms with Crippen molar-refractivity contribution in [3.8, 4) is 0 Å². The molecule has 112 valence electrons. The SMILES string of the molecule is CC(CCS(C)=O)NC(=O)NCC(C(=O)O)C(C)C. The Bertz CT molecular complexity index is 334. The first-order valence-electron chi connectivity index (χ1n) is 6.31. The number of urea groups is 1. The van der Waals surface area contributed by atoms with E-state index in [-0.39, 0.29) is 24.5 Å². The predicted molar refractivity (Wildman–Crippen MR) is 75.5 cm³/mol. The van der Waals surface area contributed by atoms with Gasteiger partial charge >= 0.3 is 12.0 Å². The third kappa shape index (κ3) is 8.58. The highest BCUT2D eigenvalue weighted by Gasteiger charge is 2.22. The van der Waals surface area contributed by atoms with E-state index in [0.29, 0.717) is 12.2 Å². The van der Waals surface area contributed by atoms with Crippen molar-refractivity contribution in [1.29, 1.82) is 0 Å². The fourth-order valence-electron chi connectivity index (χ4n) is 1.50. The largest absolute Gasteiger partial charge is 0.481 e. The van der Waals surface area contributed by atoms with Gasteiger partial charge in [0.1, 0.15) is 0 Å². The summed E-state index contributed by atoms with van der Waals surface area (Å²) >= 11 is 0. The summed E-state index contributed by atoms with van der Waals surface area (Å²) in [6.45, 7) is 5.53. The summed E-state index contributed by atoms with van der Waals surface area (Å²) in [7, 11) is -0.874. The third-order valence-electron chi connectivity index (χ3n) is 2.82. The normalized spacial score (nSPS) is 15.6. The Morgan fingerprint density at radius 3 is 2.26 bits per heavy atom. The molecule has 0 aromatic heterocycles. The van der Waals surface area contributed by atoms with Crippen molar-refractivity contribution >= 4 is 22.8 Å². The molecule has 3 atom stereocenters. The number of carboxylic acid groups (broad SMARTS) is 1. The molecule has 3 N–H and O–H groups in total. The number of aliphatic carboxylic acids is 1. The second-order valence-electron chi connectivity index (χ2n) is 5.01. The molecule has 2 amide bonds. The second kappa shape index (κ2) is 8.90. The Balaban J connectivity index is 4.03. The van der Waals surface area contributed by atoms with Gasteiger partial charge in [0, 0.05) is 35.4 Å². The van der Waals surface area contributed by atoms with Crippen molar-refractivity contribution in [2.45, 2.75) is 33.2 Å². The Kier molecular flexibility index (Phi) is 8.38. The van der Waals surface area contributed by atoms with E-state index in [1.807, 2.05) is 6.92 Å². The van der Waals surface area contributed by atoms with Crippen LogP contribution in [0.25, 0.3) is 0 Å². The molecule has 19 heavy (non-hydrogen) atoms. The van der Waals surface area contributed by atoms with Crippen LogP contribution in [-0.2, 0) is 15.6 Å². The van der Waals surface area contributed by atoms with E-state index in [4.69, 9.17) is 5.11 Å². The number of carbonyl (C=O) groups excluding carboxylic acids is 1. The van der Waals surface area contributed by atoms with Gasteiger partial charge in [0.15, 0.2) is 0 Å². The molecule has 3 unspecified atom stereocenters. The van der Waals surface area contributed by atoms with Crippen molar-refractivity contribution in [3.05, 3.63) is 0 Å². The van der Waals surface area contributed by atoms with Crippen LogP contribution in [0.4, 0.5) is 4.79 Å². The highest BCUT2D eigenvalue weighted by Crippen LogP contribution is 2.09. The standard InChI is InChI=1S/C12H24N2O4S/c1-8(2)10(11(15)16)7-13-12(17)14-9(3)5-6-19(4)18/h8-10H,5-7H2,1-4H3,(H,15,16)(H2,13,14,17). The van der Waals surface area contributed by atoms with Crippen LogP contribution in [0, 0.1) is 11.8 Å². The second-order valence-corrected chi connectivity index (χ2v) is 6.56. The summed E-state index contributed by atoms with van der Waals surface area (Å²) in [4.78, 5) is 22.5. The van der Waals surface area contributed by atoms with Gasteiger partial charge in [-0.05, 0) is 19.3 Å². The van der Waals surface area contributed by atoms with Crippen molar-refractivity contribution in [2.75, 3.05) is 18.6 Å². The molecular weight excluding hydrogens is 268 g/mol. The van der Waals surface area contributed by atoms with Crippen LogP contribution < -0.4 is 10.6 Å². The fraction of sp³-hybridized carbons (Fsp3) is 0.833. The van der Waals surface area contributed by atoms with Crippen LogP contribution in [0.5, 0.6) is 0 Å². The van der Waals surface area contributed by atoms with E-state index in [0.717, 1.165) is 0 Å². The molecule has 0 aromatic carbocycles. The summed E-state index contributed by atoms with van der Waals surface area (Å²) in [6.07, 6.45) is 2.25. The van der Waals surface area contributed by atoms with Gasteiger partial charge in [-0.2, -0.15) is 0 Å². The molecule has 7 heteroatoms. The van der Waals surface area contributed by atoms with Crippen molar-refractivity contribution in [2.24, 2.45) is 11.8 Å². The van der Waals surface area contributed by atoms with Gasteiger partial charge in [0.25, 0.3) is 0 Å². The molecule has 0 aliphatic carbocycles. The molecule has 0 aliphatic rings. The first-order chi connectivity index (χ1) is 8.73. The zero-order chi connectivity index (χ0) is 15.0.